The zero-order valence-corrected chi connectivity index (χ0v) is 15.6. The van der Waals surface area contributed by atoms with Crippen molar-refractivity contribution in [1.29, 1.82) is 0 Å². The molecule has 1 amide bonds. The number of likely N-dealkylation sites (tertiary alicyclic amines) is 2. The summed E-state index contributed by atoms with van der Waals surface area (Å²) in [6.45, 7) is 7.07. The molecule has 2 fully saturated rings. The van der Waals surface area contributed by atoms with E-state index in [0.717, 1.165) is 58.7 Å². The quantitative estimate of drug-likeness (QED) is 0.777. The lowest BCUT2D eigenvalue weighted by molar-refractivity contribution is -0.136. The Hall–Kier alpha value is -1.72. The van der Waals surface area contributed by atoms with Gasteiger partial charge in [-0.3, -0.25) is 19.6 Å². The van der Waals surface area contributed by atoms with Crippen LogP contribution in [0.15, 0.2) is 36.7 Å². The first-order valence-electron chi connectivity index (χ1n) is 10.1. The molecule has 4 rings (SSSR count). The molecule has 5 nitrogen and oxygen atoms in total. The molecule has 0 N–H and O–H groups in total. The molecule has 3 aliphatic rings. The average molecular weight is 354 g/mol. The van der Waals surface area contributed by atoms with Gasteiger partial charge in [0.25, 0.3) is 0 Å². The van der Waals surface area contributed by atoms with Crippen LogP contribution in [-0.2, 0) is 11.3 Å². The molecule has 0 spiro atoms. The fourth-order valence-corrected chi connectivity index (χ4v) is 4.64. The van der Waals surface area contributed by atoms with E-state index in [1.165, 1.54) is 18.4 Å². The van der Waals surface area contributed by atoms with Crippen LogP contribution in [0.4, 0.5) is 0 Å². The first-order valence-corrected chi connectivity index (χ1v) is 10.1. The van der Waals surface area contributed by atoms with E-state index in [-0.39, 0.29) is 5.92 Å². The Bertz CT molecular complexity index is 616. The second kappa shape index (κ2) is 8.31. The molecule has 0 bridgehead atoms. The summed E-state index contributed by atoms with van der Waals surface area (Å²) >= 11 is 0. The molecule has 0 aliphatic carbocycles. The molecule has 0 unspecified atom stereocenters. The average Bonchev–Trinajstić information content (AvgIpc) is 3.24. The lowest BCUT2D eigenvalue weighted by atomic mass is 9.93. The molecule has 3 aliphatic heterocycles. The number of rotatable bonds is 4. The number of hydrogen-bond acceptors (Lipinski definition) is 4. The molecule has 0 saturated carbocycles. The van der Waals surface area contributed by atoms with Gasteiger partial charge in [-0.15, -0.1) is 0 Å². The Morgan fingerprint density at radius 2 is 1.77 bits per heavy atom. The maximum atomic E-state index is 12.7. The molecule has 26 heavy (non-hydrogen) atoms. The second-order valence-corrected chi connectivity index (χ2v) is 7.91. The molecule has 0 aromatic carbocycles. The van der Waals surface area contributed by atoms with Crippen LogP contribution in [0.2, 0.25) is 0 Å². The van der Waals surface area contributed by atoms with Gasteiger partial charge < -0.3 is 4.90 Å². The summed E-state index contributed by atoms with van der Waals surface area (Å²) in [6.07, 6.45) is 12.6. The predicted octanol–water partition coefficient (Wildman–Crippen LogP) is 2.16. The van der Waals surface area contributed by atoms with Crippen molar-refractivity contribution in [2.45, 2.75) is 38.3 Å². The van der Waals surface area contributed by atoms with E-state index in [1.807, 2.05) is 17.3 Å². The number of piperidine rings is 2. The first-order chi connectivity index (χ1) is 12.8. The molecular weight excluding hydrogens is 324 g/mol. The number of hydrogen-bond donors (Lipinski definition) is 0. The maximum absolute atomic E-state index is 12.7. The van der Waals surface area contributed by atoms with Crippen molar-refractivity contribution in [1.82, 2.24) is 19.7 Å². The lowest BCUT2D eigenvalue weighted by Crippen LogP contribution is -2.51. The van der Waals surface area contributed by atoms with Crippen molar-refractivity contribution in [3.8, 4) is 0 Å². The van der Waals surface area contributed by atoms with Crippen molar-refractivity contribution in [2.75, 3.05) is 39.3 Å². The Morgan fingerprint density at radius 3 is 2.50 bits per heavy atom. The van der Waals surface area contributed by atoms with E-state index in [0.29, 0.717) is 11.9 Å². The molecule has 1 atom stereocenters. The summed E-state index contributed by atoms with van der Waals surface area (Å²) in [5, 5.41) is 0. The van der Waals surface area contributed by atoms with Crippen molar-refractivity contribution in [3.63, 3.8) is 0 Å². The van der Waals surface area contributed by atoms with Crippen LogP contribution >= 0.6 is 0 Å². The molecule has 0 radical (unpaired) electrons. The highest BCUT2D eigenvalue weighted by Gasteiger charge is 2.33. The third kappa shape index (κ3) is 4.15. The van der Waals surface area contributed by atoms with Crippen LogP contribution < -0.4 is 0 Å². The predicted molar refractivity (Wildman–Crippen MR) is 103 cm³/mol. The monoisotopic (exact) mass is 354 g/mol. The van der Waals surface area contributed by atoms with Crippen LogP contribution in [0, 0.1) is 5.92 Å². The highest BCUT2D eigenvalue weighted by atomic mass is 16.2. The van der Waals surface area contributed by atoms with Crippen LogP contribution in [0.5, 0.6) is 0 Å². The zero-order chi connectivity index (χ0) is 17.8. The number of pyridine rings is 1. The van der Waals surface area contributed by atoms with E-state index >= 15 is 0 Å². The van der Waals surface area contributed by atoms with E-state index < -0.39 is 0 Å². The zero-order valence-electron chi connectivity index (χ0n) is 15.6. The van der Waals surface area contributed by atoms with E-state index in [2.05, 4.69) is 39.1 Å². The summed E-state index contributed by atoms with van der Waals surface area (Å²) < 4.78 is 0. The summed E-state index contributed by atoms with van der Waals surface area (Å²) in [4.78, 5) is 24.0. The molecule has 5 heteroatoms. The summed E-state index contributed by atoms with van der Waals surface area (Å²) in [7, 11) is 0. The first kappa shape index (κ1) is 17.7. The Labute approximate surface area is 156 Å². The van der Waals surface area contributed by atoms with Crippen molar-refractivity contribution in [3.05, 3.63) is 42.2 Å². The standard InChI is InChI=1S/C21H30N4O/c26-21(24-11-1-2-12-24)19-4-3-13-25(17-19)20-7-14-23(15-8-20)16-18-5-9-22-10-6-18/h1-2,5-6,9-10,19-20H,3-4,7-8,11-17H2/t19-/m0/s1. The van der Waals surface area contributed by atoms with Gasteiger partial charge in [0.15, 0.2) is 0 Å². The fraction of sp³-hybridized carbons (Fsp3) is 0.619. The van der Waals surface area contributed by atoms with Gasteiger partial charge in [0.05, 0.1) is 5.92 Å². The number of nitrogens with zero attached hydrogens (tertiary/aromatic N) is 4. The van der Waals surface area contributed by atoms with Gasteiger partial charge in [-0.25, -0.2) is 0 Å². The van der Waals surface area contributed by atoms with Crippen LogP contribution in [-0.4, -0.2) is 70.9 Å². The molecule has 1 aromatic rings. The van der Waals surface area contributed by atoms with Gasteiger partial charge in [0, 0.05) is 44.6 Å². The highest BCUT2D eigenvalue weighted by Crippen LogP contribution is 2.26. The van der Waals surface area contributed by atoms with Crippen molar-refractivity contribution in [2.24, 2.45) is 5.92 Å². The van der Waals surface area contributed by atoms with Gasteiger partial charge in [-0.05, 0) is 63.0 Å². The van der Waals surface area contributed by atoms with Gasteiger partial charge >= 0.3 is 0 Å². The maximum Gasteiger partial charge on any atom is 0.227 e. The van der Waals surface area contributed by atoms with Gasteiger partial charge in [-0.1, -0.05) is 12.2 Å². The van der Waals surface area contributed by atoms with Crippen LogP contribution in [0.25, 0.3) is 0 Å². The third-order valence-electron chi connectivity index (χ3n) is 6.16. The minimum atomic E-state index is 0.207. The molecule has 140 valence electrons. The second-order valence-electron chi connectivity index (χ2n) is 7.91. The molecule has 4 heterocycles. The molecule has 2 saturated heterocycles. The van der Waals surface area contributed by atoms with Crippen molar-refractivity contribution >= 4 is 5.91 Å². The topological polar surface area (TPSA) is 39.7 Å². The Kier molecular flexibility index (Phi) is 5.65. The summed E-state index contributed by atoms with van der Waals surface area (Å²) in [5.41, 5.74) is 1.35. The smallest absolute Gasteiger partial charge is 0.227 e. The van der Waals surface area contributed by atoms with Crippen LogP contribution in [0.3, 0.4) is 0 Å². The van der Waals surface area contributed by atoms with E-state index in [1.54, 1.807) is 0 Å². The van der Waals surface area contributed by atoms with E-state index in [9.17, 15) is 4.79 Å². The molecular formula is C21H30N4O. The number of carbonyl (C=O) groups is 1. The van der Waals surface area contributed by atoms with Gasteiger partial charge in [0.1, 0.15) is 0 Å². The van der Waals surface area contributed by atoms with Crippen LogP contribution in [0.1, 0.15) is 31.2 Å². The van der Waals surface area contributed by atoms with Crippen molar-refractivity contribution < 1.29 is 4.79 Å². The normalized spacial score (nSPS) is 25.7. The minimum Gasteiger partial charge on any atom is -0.335 e. The number of aromatic nitrogens is 1. The van der Waals surface area contributed by atoms with Gasteiger partial charge in [-0.2, -0.15) is 0 Å². The third-order valence-corrected chi connectivity index (χ3v) is 6.16. The fourth-order valence-electron chi connectivity index (χ4n) is 4.64. The lowest BCUT2D eigenvalue weighted by Gasteiger charge is -2.42. The number of amides is 1. The SMILES string of the molecule is O=C([C@H]1CCCN(C2CCN(Cc3ccncc3)CC2)C1)N1CC=CC1. The minimum absolute atomic E-state index is 0.207. The largest absolute Gasteiger partial charge is 0.335 e. The number of carbonyl (C=O) groups excluding carboxylic acids is 1. The van der Waals surface area contributed by atoms with Gasteiger partial charge in [0.2, 0.25) is 5.91 Å². The Balaban J connectivity index is 1.26. The summed E-state index contributed by atoms with van der Waals surface area (Å²) in [5.74, 6) is 0.577. The van der Waals surface area contributed by atoms with E-state index in [4.69, 9.17) is 0 Å². The highest BCUT2D eigenvalue weighted by molar-refractivity contribution is 5.79. The molecule has 1 aromatic heterocycles. The summed E-state index contributed by atoms with van der Waals surface area (Å²) in [6, 6.07) is 4.87. The Morgan fingerprint density at radius 1 is 1.04 bits per heavy atom.